The van der Waals surface area contributed by atoms with Gasteiger partial charge in [-0.1, -0.05) is 26.7 Å². The topological polar surface area (TPSA) is 44.7 Å². The van der Waals surface area contributed by atoms with E-state index in [-0.39, 0.29) is 5.41 Å². The van der Waals surface area contributed by atoms with Gasteiger partial charge in [0.05, 0.1) is 12.2 Å². The zero-order chi connectivity index (χ0) is 15.3. The van der Waals surface area contributed by atoms with Crippen LogP contribution in [-0.4, -0.2) is 61.5 Å². The van der Waals surface area contributed by atoms with E-state index in [1.165, 1.54) is 19.3 Å². The SMILES string of the molecule is CC(C)NCC1(CN(C)CC2(O)CCCC2)CCCOC1. The molecule has 1 saturated heterocycles. The second-order valence-electron chi connectivity index (χ2n) is 7.80. The summed E-state index contributed by atoms with van der Waals surface area (Å²) in [5, 5.41) is 14.2. The lowest BCUT2D eigenvalue weighted by atomic mass is 9.81. The Bertz CT molecular complexity index is 308. The largest absolute Gasteiger partial charge is 0.389 e. The fraction of sp³-hybridized carbons (Fsp3) is 1.00. The molecule has 2 rings (SSSR count). The molecule has 124 valence electrons. The monoisotopic (exact) mass is 298 g/mol. The molecule has 21 heavy (non-hydrogen) atoms. The number of rotatable bonds is 7. The summed E-state index contributed by atoms with van der Waals surface area (Å²) in [7, 11) is 2.15. The van der Waals surface area contributed by atoms with Crippen LogP contribution in [-0.2, 0) is 4.74 Å². The van der Waals surface area contributed by atoms with Gasteiger partial charge in [-0.25, -0.2) is 0 Å². The van der Waals surface area contributed by atoms with Crippen LogP contribution in [0.5, 0.6) is 0 Å². The van der Waals surface area contributed by atoms with Crippen LogP contribution in [0, 0.1) is 5.41 Å². The minimum atomic E-state index is -0.447. The highest BCUT2D eigenvalue weighted by Gasteiger charge is 2.37. The summed E-state index contributed by atoms with van der Waals surface area (Å²) in [6.07, 6.45) is 6.64. The predicted molar refractivity (Wildman–Crippen MR) is 86.5 cm³/mol. The number of nitrogens with zero attached hydrogens (tertiary/aromatic N) is 1. The number of aliphatic hydroxyl groups is 1. The van der Waals surface area contributed by atoms with Gasteiger partial charge in [0, 0.05) is 37.7 Å². The van der Waals surface area contributed by atoms with E-state index in [4.69, 9.17) is 4.74 Å². The molecule has 2 aliphatic rings. The fourth-order valence-electron chi connectivity index (χ4n) is 3.97. The lowest BCUT2D eigenvalue weighted by molar-refractivity contribution is -0.0415. The molecule has 0 aromatic heterocycles. The lowest BCUT2D eigenvalue weighted by Gasteiger charge is -2.42. The van der Waals surface area contributed by atoms with E-state index < -0.39 is 5.60 Å². The van der Waals surface area contributed by atoms with E-state index in [0.29, 0.717) is 6.04 Å². The van der Waals surface area contributed by atoms with Crippen molar-refractivity contribution in [3.8, 4) is 0 Å². The summed E-state index contributed by atoms with van der Waals surface area (Å²) in [5.41, 5.74) is -0.247. The van der Waals surface area contributed by atoms with Gasteiger partial charge in [-0.15, -0.1) is 0 Å². The zero-order valence-electron chi connectivity index (χ0n) is 14.2. The van der Waals surface area contributed by atoms with Crippen molar-refractivity contribution in [1.82, 2.24) is 10.2 Å². The third-order valence-corrected chi connectivity index (χ3v) is 4.99. The van der Waals surface area contributed by atoms with Crippen LogP contribution in [0.15, 0.2) is 0 Å². The van der Waals surface area contributed by atoms with Gasteiger partial charge in [-0.3, -0.25) is 0 Å². The van der Waals surface area contributed by atoms with Crippen molar-refractivity contribution in [3.63, 3.8) is 0 Å². The molecule has 1 aliphatic heterocycles. The third-order valence-electron chi connectivity index (χ3n) is 4.99. The third kappa shape index (κ3) is 5.20. The summed E-state index contributed by atoms with van der Waals surface area (Å²) in [5.74, 6) is 0. The summed E-state index contributed by atoms with van der Waals surface area (Å²) in [4.78, 5) is 2.34. The van der Waals surface area contributed by atoms with Crippen LogP contribution in [0.25, 0.3) is 0 Å². The number of hydrogen-bond donors (Lipinski definition) is 2. The molecule has 1 aliphatic carbocycles. The molecular formula is C17H34N2O2. The molecule has 0 radical (unpaired) electrons. The summed E-state index contributed by atoms with van der Waals surface area (Å²) in [6, 6.07) is 0.508. The Morgan fingerprint density at radius 3 is 2.43 bits per heavy atom. The average molecular weight is 298 g/mol. The molecule has 1 unspecified atom stereocenters. The van der Waals surface area contributed by atoms with Gasteiger partial charge in [-0.2, -0.15) is 0 Å². The Balaban J connectivity index is 1.90. The van der Waals surface area contributed by atoms with Crippen molar-refractivity contribution in [2.45, 2.75) is 64.0 Å². The Labute approximate surface area is 130 Å². The van der Waals surface area contributed by atoms with Crippen molar-refractivity contribution in [1.29, 1.82) is 0 Å². The van der Waals surface area contributed by atoms with E-state index in [0.717, 1.165) is 52.1 Å². The zero-order valence-corrected chi connectivity index (χ0v) is 14.2. The minimum Gasteiger partial charge on any atom is -0.389 e. The normalized spacial score (nSPS) is 29.4. The van der Waals surface area contributed by atoms with Crippen LogP contribution in [0.4, 0.5) is 0 Å². The van der Waals surface area contributed by atoms with Crippen LogP contribution in [0.3, 0.4) is 0 Å². The second-order valence-corrected chi connectivity index (χ2v) is 7.80. The van der Waals surface area contributed by atoms with Crippen molar-refractivity contribution < 1.29 is 9.84 Å². The Morgan fingerprint density at radius 1 is 1.14 bits per heavy atom. The van der Waals surface area contributed by atoms with E-state index in [1.807, 2.05) is 0 Å². The molecule has 0 bridgehead atoms. The van der Waals surface area contributed by atoms with E-state index in [2.05, 4.69) is 31.1 Å². The minimum absolute atomic E-state index is 0.201. The predicted octanol–water partition coefficient (Wildman–Crippen LogP) is 2.02. The molecule has 4 nitrogen and oxygen atoms in total. The molecule has 2 N–H and O–H groups in total. The fourth-order valence-corrected chi connectivity index (χ4v) is 3.97. The van der Waals surface area contributed by atoms with Gasteiger partial charge in [0.25, 0.3) is 0 Å². The lowest BCUT2D eigenvalue weighted by Crippen LogP contribution is -2.51. The average Bonchev–Trinajstić information content (AvgIpc) is 2.83. The first-order valence-corrected chi connectivity index (χ1v) is 8.65. The maximum atomic E-state index is 10.6. The first-order chi connectivity index (χ1) is 9.93. The van der Waals surface area contributed by atoms with E-state index >= 15 is 0 Å². The molecule has 0 spiro atoms. The molecule has 1 heterocycles. The first-order valence-electron chi connectivity index (χ1n) is 8.65. The summed E-state index contributed by atoms with van der Waals surface area (Å²) >= 11 is 0. The van der Waals surface area contributed by atoms with Crippen molar-refractivity contribution in [2.24, 2.45) is 5.41 Å². The van der Waals surface area contributed by atoms with Crippen molar-refractivity contribution >= 4 is 0 Å². The molecule has 1 atom stereocenters. The summed E-state index contributed by atoms with van der Waals surface area (Å²) < 4.78 is 5.78. The first kappa shape index (κ1) is 17.2. The van der Waals surface area contributed by atoms with Crippen LogP contribution < -0.4 is 5.32 Å². The van der Waals surface area contributed by atoms with Gasteiger partial charge >= 0.3 is 0 Å². The van der Waals surface area contributed by atoms with E-state index in [9.17, 15) is 5.11 Å². The highest BCUT2D eigenvalue weighted by Crippen LogP contribution is 2.33. The second kappa shape index (κ2) is 7.40. The highest BCUT2D eigenvalue weighted by molar-refractivity contribution is 4.91. The number of hydrogen-bond acceptors (Lipinski definition) is 4. The Hall–Kier alpha value is -0.160. The Morgan fingerprint density at radius 2 is 1.86 bits per heavy atom. The van der Waals surface area contributed by atoms with Crippen molar-refractivity contribution in [2.75, 3.05) is 39.9 Å². The maximum Gasteiger partial charge on any atom is 0.0774 e. The molecule has 0 aromatic carbocycles. The number of nitrogens with one attached hydrogen (secondary N) is 1. The molecular weight excluding hydrogens is 264 g/mol. The Kier molecular flexibility index (Phi) is 6.06. The maximum absolute atomic E-state index is 10.6. The smallest absolute Gasteiger partial charge is 0.0774 e. The van der Waals surface area contributed by atoms with Crippen LogP contribution in [0.1, 0.15) is 52.4 Å². The standard InChI is InChI=1S/C17H34N2O2/c1-15(2)18-11-16(7-6-10-21-14-16)12-19(3)13-17(20)8-4-5-9-17/h15,18,20H,4-14H2,1-3H3. The van der Waals surface area contributed by atoms with Gasteiger partial charge in [-0.05, 0) is 32.7 Å². The molecule has 0 amide bonds. The molecule has 1 saturated carbocycles. The number of ether oxygens (including phenoxy) is 1. The summed E-state index contributed by atoms with van der Waals surface area (Å²) in [6.45, 7) is 8.95. The van der Waals surface area contributed by atoms with Gasteiger partial charge < -0.3 is 20.1 Å². The van der Waals surface area contributed by atoms with Crippen molar-refractivity contribution in [3.05, 3.63) is 0 Å². The van der Waals surface area contributed by atoms with Crippen LogP contribution >= 0.6 is 0 Å². The van der Waals surface area contributed by atoms with Gasteiger partial charge in [0.15, 0.2) is 0 Å². The molecule has 4 heteroatoms. The molecule has 2 fully saturated rings. The van der Waals surface area contributed by atoms with E-state index in [1.54, 1.807) is 0 Å². The highest BCUT2D eigenvalue weighted by atomic mass is 16.5. The van der Waals surface area contributed by atoms with Gasteiger partial charge in [0.2, 0.25) is 0 Å². The quantitative estimate of drug-likeness (QED) is 0.755. The van der Waals surface area contributed by atoms with Crippen LogP contribution in [0.2, 0.25) is 0 Å². The number of likely N-dealkylation sites (N-methyl/N-ethyl adjacent to an activating group) is 1. The molecule has 0 aromatic rings. The van der Waals surface area contributed by atoms with Gasteiger partial charge in [0.1, 0.15) is 0 Å².